The topological polar surface area (TPSA) is 78.3 Å². The molecule has 6 nitrogen and oxygen atoms in total. The molecule has 0 unspecified atom stereocenters. The van der Waals surface area contributed by atoms with Crippen molar-refractivity contribution >= 4 is 11.8 Å². The summed E-state index contributed by atoms with van der Waals surface area (Å²) in [6.07, 6.45) is 0. The van der Waals surface area contributed by atoms with Gasteiger partial charge in [0.1, 0.15) is 0 Å². The molecule has 1 saturated heterocycles. The Kier molecular flexibility index (Phi) is 4.07. The van der Waals surface area contributed by atoms with Gasteiger partial charge in [0, 0.05) is 37.7 Å². The first-order valence-electron chi connectivity index (χ1n) is 5.61. The van der Waals surface area contributed by atoms with E-state index in [0.29, 0.717) is 6.54 Å². The number of thioether (sulfide) groups is 1. The Morgan fingerprint density at radius 1 is 1.28 bits per heavy atom. The van der Waals surface area contributed by atoms with E-state index in [1.54, 1.807) is 0 Å². The molecule has 8 heteroatoms. The zero-order valence-corrected chi connectivity index (χ0v) is 10.5. The Labute approximate surface area is 106 Å². The van der Waals surface area contributed by atoms with Gasteiger partial charge in [-0.05, 0) is 0 Å². The summed E-state index contributed by atoms with van der Waals surface area (Å²) in [7, 11) is 0. The molecule has 2 rings (SSSR count). The third-order valence-corrected chi connectivity index (χ3v) is 3.80. The van der Waals surface area contributed by atoms with Gasteiger partial charge in [-0.25, -0.2) is 4.79 Å². The van der Waals surface area contributed by atoms with E-state index in [1.165, 1.54) is 0 Å². The van der Waals surface area contributed by atoms with Crippen LogP contribution in [0.15, 0.2) is 9.59 Å². The molecule has 18 heavy (non-hydrogen) atoms. The molecule has 0 amide bonds. The molecule has 0 aromatic carbocycles. The van der Waals surface area contributed by atoms with Gasteiger partial charge in [0.05, 0.1) is 0 Å². The third kappa shape index (κ3) is 2.75. The molecular weight excluding hydrogens is 261 g/mol. The molecular formula is C10H14FN3O3S. The van der Waals surface area contributed by atoms with Crippen molar-refractivity contribution in [1.82, 2.24) is 14.5 Å². The van der Waals surface area contributed by atoms with Crippen molar-refractivity contribution in [2.45, 2.75) is 6.54 Å². The molecule has 1 aliphatic heterocycles. The average molecular weight is 275 g/mol. The molecule has 0 spiro atoms. The number of aromatic hydroxyl groups is 1. The van der Waals surface area contributed by atoms with E-state index >= 15 is 0 Å². The first kappa shape index (κ1) is 13.2. The van der Waals surface area contributed by atoms with Gasteiger partial charge in [-0.2, -0.15) is 16.2 Å². The Morgan fingerprint density at radius 3 is 2.61 bits per heavy atom. The number of rotatable bonds is 3. The van der Waals surface area contributed by atoms with Crippen LogP contribution >= 0.6 is 11.8 Å². The van der Waals surface area contributed by atoms with Crippen molar-refractivity contribution in [3.63, 3.8) is 0 Å². The molecule has 0 atom stereocenters. The van der Waals surface area contributed by atoms with E-state index in [0.717, 1.165) is 29.2 Å². The molecule has 1 fully saturated rings. The maximum absolute atomic E-state index is 13.2. The Balaban J connectivity index is 2.11. The maximum Gasteiger partial charge on any atom is 0.331 e. The number of hydrogen-bond acceptors (Lipinski definition) is 5. The minimum atomic E-state index is -1.32. The Bertz CT molecular complexity index is 536. The summed E-state index contributed by atoms with van der Waals surface area (Å²) in [5, 5.41) is 9.43. The summed E-state index contributed by atoms with van der Waals surface area (Å²) in [4.78, 5) is 26.3. The van der Waals surface area contributed by atoms with Crippen molar-refractivity contribution < 1.29 is 9.50 Å². The number of aromatic amines is 1. The van der Waals surface area contributed by atoms with Crippen molar-refractivity contribution in [2.24, 2.45) is 0 Å². The maximum atomic E-state index is 13.2. The van der Waals surface area contributed by atoms with Crippen LogP contribution in [-0.4, -0.2) is 50.7 Å². The molecule has 0 radical (unpaired) electrons. The second-order valence-corrected chi connectivity index (χ2v) is 5.23. The van der Waals surface area contributed by atoms with E-state index in [2.05, 4.69) is 4.90 Å². The van der Waals surface area contributed by atoms with Crippen LogP contribution in [-0.2, 0) is 6.54 Å². The standard InChI is InChI=1S/C10H14FN3O3S/c11-7-8(15)12-10(17)14(9(7)16)2-1-13-3-5-18-6-4-13/h16H,1-6H2,(H,12,15,17). The lowest BCUT2D eigenvalue weighted by molar-refractivity contribution is 0.273. The van der Waals surface area contributed by atoms with Crippen molar-refractivity contribution in [1.29, 1.82) is 0 Å². The lowest BCUT2D eigenvalue weighted by atomic mass is 10.4. The Morgan fingerprint density at radius 2 is 1.94 bits per heavy atom. The van der Waals surface area contributed by atoms with E-state index in [4.69, 9.17) is 0 Å². The average Bonchev–Trinajstić information content (AvgIpc) is 2.37. The molecule has 2 heterocycles. The minimum Gasteiger partial charge on any atom is -0.492 e. The molecule has 1 aromatic heterocycles. The molecule has 0 saturated carbocycles. The van der Waals surface area contributed by atoms with Crippen LogP contribution in [0.5, 0.6) is 5.88 Å². The minimum absolute atomic E-state index is 0.156. The molecule has 2 N–H and O–H groups in total. The highest BCUT2D eigenvalue weighted by Crippen LogP contribution is 2.10. The largest absolute Gasteiger partial charge is 0.492 e. The van der Waals surface area contributed by atoms with Gasteiger partial charge in [0.15, 0.2) is 0 Å². The summed E-state index contributed by atoms with van der Waals surface area (Å²) in [6.45, 7) is 2.51. The summed E-state index contributed by atoms with van der Waals surface area (Å²) in [5.41, 5.74) is -1.98. The molecule has 100 valence electrons. The zero-order chi connectivity index (χ0) is 13.1. The predicted octanol–water partition coefficient (Wildman–Crippen LogP) is -0.570. The first-order valence-corrected chi connectivity index (χ1v) is 6.77. The SMILES string of the molecule is O=c1[nH]c(=O)n(CCN2CCSCC2)c(O)c1F. The van der Waals surface area contributed by atoms with Gasteiger partial charge in [0.2, 0.25) is 11.7 Å². The zero-order valence-electron chi connectivity index (χ0n) is 9.69. The second kappa shape index (κ2) is 5.57. The number of nitrogens with one attached hydrogen (secondary N) is 1. The van der Waals surface area contributed by atoms with Crippen LogP contribution in [0.4, 0.5) is 4.39 Å². The van der Waals surface area contributed by atoms with Gasteiger partial charge < -0.3 is 5.11 Å². The highest BCUT2D eigenvalue weighted by molar-refractivity contribution is 7.99. The molecule has 0 aliphatic carbocycles. The van der Waals surface area contributed by atoms with E-state index < -0.39 is 22.9 Å². The lowest BCUT2D eigenvalue weighted by Gasteiger charge is -2.26. The number of halogens is 1. The van der Waals surface area contributed by atoms with Crippen molar-refractivity contribution in [2.75, 3.05) is 31.1 Å². The van der Waals surface area contributed by atoms with Gasteiger partial charge in [-0.1, -0.05) is 0 Å². The summed E-state index contributed by atoms with van der Waals surface area (Å²) in [5.74, 6) is -0.152. The van der Waals surface area contributed by atoms with Crippen LogP contribution < -0.4 is 11.2 Å². The van der Waals surface area contributed by atoms with Gasteiger partial charge in [0.25, 0.3) is 5.56 Å². The normalized spacial score (nSPS) is 16.9. The second-order valence-electron chi connectivity index (χ2n) is 4.00. The summed E-state index contributed by atoms with van der Waals surface area (Å²) < 4.78 is 14.0. The predicted molar refractivity (Wildman–Crippen MR) is 66.7 cm³/mol. The fourth-order valence-corrected chi connectivity index (χ4v) is 2.79. The molecule has 0 bridgehead atoms. The summed E-state index contributed by atoms with van der Waals surface area (Å²) in [6, 6.07) is 0. The number of hydrogen-bond donors (Lipinski definition) is 2. The third-order valence-electron chi connectivity index (χ3n) is 2.86. The smallest absolute Gasteiger partial charge is 0.331 e. The molecule has 1 aromatic rings. The fourth-order valence-electron chi connectivity index (χ4n) is 1.81. The fraction of sp³-hybridized carbons (Fsp3) is 0.600. The number of nitrogens with zero attached hydrogens (tertiary/aromatic N) is 2. The van der Waals surface area contributed by atoms with Crippen LogP contribution in [0.2, 0.25) is 0 Å². The van der Waals surface area contributed by atoms with Gasteiger partial charge >= 0.3 is 5.69 Å². The Hall–Kier alpha value is -1.28. The van der Waals surface area contributed by atoms with Crippen LogP contribution in [0, 0.1) is 5.82 Å². The quantitative estimate of drug-likeness (QED) is 0.772. The van der Waals surface area contributed by atoms with Gasteiger partial charge in [-0.3, -0.25) is 19.2 Å². The highest BCUT2D eigenvalue weighted by atomic mass is 32.2. The van der Waals surface area contributed by atoms with Crippen molar-refractivity contribution in [3.05, 3.63) is 26.7 Å². The van der Waals surface area contributed by atoms with E-state index in [-0.39, 0.29) is 6.54 Å². The number of H-pyrrole nitrogens is 1. The van der Waals surface area contributed by atoms with E-state index in [9.17, 15) is 19.1 Å². The lowest BCUT2D eigenvalue weighted by Crippen LogP contribution is -2.38. The van der Waals surface area contributed by atoms with E-state index in [1.807, 2.05) is 16.7 Å². The van der Waals surface area contributed by atoms with Crippen LogP contribution in [0.25, 0.3) is 0 Å². The summed E-state index contributed by atoms with van der Waals surface area (Å²) >= 11 is 1.86. The van der Waals surface area contributed by atoms with Crippen molar-refractivity contribution in [3.8, 4) is 5.88 Å². The first-order chi connectivity index (χ1) is 8.59. The van der Waals surface area contributed by atoms with Crippen LogP contribution in [0.1, 0.15) is 0 Å². The highest BCUT2D eigenvalue weighted by Gasteiger charge is 2.15. The van der Waals surface area contributed by atoms with Gasteiger partial charge in [-0.15, -0.1) is 0 Å². The van der Waals surface area contributed by atoms with Crippen LogP contribution in [0.3, 0.4) is 0 Å². The number of aromatic nitrogens is 2. The molecule has 1 aliphatic rings. The monoisotopic (exact) mass is 275 g/mol.